The predicted molar refractivity (Wildman–Crippen MR) is 151 cm³/mol. The van der Waals surface area contributed by atoms with Crippen molar-refractivity contribution in [3.8, 4) is 0 Å². The number of anilines is 4. The Morgan fingerprint density at radius 2 is 1.59 bits per heavy atom. The Morgan fingerprint density at radius 1 is 0.927 bits per heavy atom. The molecule has 1 fully saturated rings. The number of urea groups is 1. The zero-order valence-corrected chi connectivity index (χ0v) is 22.6. The van der Waals surface area contributed by atoms with E-state index in [0.717, 1.165) is 36.7 Å². The molecule has 3 aromatic carbocycles. The maximum atomic E-state index is 13.9. The van der Waals surface area contributed by atoms with E-state index in [1.165, 1.54) is 28.7 Å². The van der Waals surface area contributed by atoms with Crippen LogP contribution in [0.15, 0.2) is 72.8 Å². The van der Waals surface area contributed by atoms with Gasteiger partial charge in [-0.2, -0.15) is 13.2 Å². The normalized spacial score (nSPS) is 17.9. The zero-order chi connectivity index (χ0) is 29.1. The molecule has 11 heteroatoms. The van der Waals surface area contributed by atoms with E-state index < -0.39 is 24.1 Å². The number of aliphatic hydroxyl groups excluding tert-OH is 1. The average Bonchev–Trinajstić information content (AvgIpc) is 3.45. The highest BCUT2D eigenvalue weighted by atomic mass is 19.4. The summed E-state index contributed by atoms with van der Waals surface area (Å²) in [5.41, 5.74) is 0.415. The first kappa shape index (κ1) is 28.4. The maximum absolute atomic E-state index is 13.9. The largest absolute Gasteiger partial charge is 0.416 e. The highest BCUT2D eigenvalue weighted by molar-refractivity contribution is 6.08. The van der Waals surface area contributed by atoms with Crippen LogP contribution in [0.1, 0.15) is 35.7 Å². The molecule has 0 aliphatic carbocycles. The van der Waals surface area contributed by atoms with Gasteiger partial charge in [0.25, 0.3) is 5.91 Å². The summed E-state index contributed by atoms with van der Waals surface area (Å²) >= 11 is 0. The van der Waals surface area contributed by atoms with Gasteiger partial charge in [-0.15, -0.1) is 0 Å². The Bertz CT molecular complexity index is 1380. The van der Waals surface area contributed by atoms with Crippen molar-refractivity contribution in [2.24, 2.45) is 0 Å². The van der Waals surface area contributed by atoms with Gasteiger partial charge >= 0.3 is 12.2 Å². The first-order valence-electron chi connectivity index (χ1n) is 13.6. The molecule has 0 aromatic heterocycles. The van der Waals surface area contributed by atoms with Gasteiger partial charge in [-0.3, -0.25) is 14.6 Å². The lowest BCUT2D eigenvalue weighted by Crippen LogP contribution is -2.52. The highest BCUT2D eigenvalue weighted by Crippen LogP contribution is 2.44. The van der Waals surface area contributed by atoms with Crippen LogP contribution in [0.5, 0.6) is 0 Å². The number of fused-ring (bicyclic) bond motifs is 1. The van der Waals surface area contributed by atoms with Crippen LogP contribution in [0.2, 0.25) is 0 Å². The van der Waals surface area contributed by atoms with Gasteiger partial charge in [-0.05, 0) is 87.5 Å². The minimum absolute atomic E-state index is 0.0326. The first-order valence-corrected chi connectivity index (χ1v) is 13.6. The number of hydrogen-bond acceptors (Lipinski definition) is 5. The molecule has 0 radical (unpaired) electrons. The van der Waals surface area contributed by atoms with E-state index in [9.17, 15) is 27.9 Å². The molecule has 1 atom stereocenters. The third kappa shape index (κ3) is 5.86. The highest BCUT2D eigenvalue weighted by Gasteiger charge is 2.40. The van der Waals surface area contributed by atoms with Gasteiger partial charge in [-0.1, -0.05) is 18.2 Å². The molecule has 2 aliphatic rings. The van der Waals surface area contributed by atoms with Crippen molar-refractivity contribution < 1.29 is 27.9 Å². The summed E-state index contributed by atoms with van der Waals surface area (Å²) in [4.78, 5) is 32.6. The predicted octanol–water partition coefficient (Wildman–Crippen LogP) is 5.41. The third-order valence-electron chi connectivity index (χ3n) is 7.42. The molecule has 2 N–H and O–H groups in total. The van der Waals surface area contributed by atoms with E-state index in [4.69, 9.17) is 0 Å². The smallest absolute Gasteiger partial charge is 0.356 e. The van der Waals surface area contributed by atoms with Gasteiger partial charge in [0, 0.05) is 30.9 Å². The fourth-order valence-corrected chi connectivity index (χ4v) is 5.31. The minimum atomic E-state index is -4.62. The average molecular weight is 568 g/mol. The van der Waals surface area contributed by atoms with Crippen LogP contribution < -0.4 is 20.0 Å². The molecule has 1 saturated heterocycles. The molecule has 1 unspecified atom stereocenters. The number of nitrogens with zero attached hydrogens (tertiary/aromatic N) is 4. The number of aliphatic hydroxyl groups is 1. The lowest BCUT2D eigenvalue weighted by atomic mass is 10.1. The van der Waals surface area contributed by atoms with Gasteiger partial charge in [0.2, 0.25) is 6.35 Å². The molecule has 2 heterocycles. The second-order valence-electron chi connectivity index (χ2n) is 10.0. The van der Waals surface area contributed by atoms with Gasteiger partial charge in [0.05, 0.1) is 22.6 Å². The number of carbonyl (C=O) groups excluding carboxylic acids is 2. The molecule has 8 nitrogen and oxygen atoms in total. The fourth-order valence-electron chi connectivity index (χ4n) is 5.31. The molecule has 0 bridgehead atoms. The summed E-state index contributed by atoms with van der Waals surface area (Å²) in [6, 6.07) is 17.1. The second-order valence-corrected chi connectivity index (χ2v) is 10.0. The van der Waals surface area contributed by atoms with Crippen LogP contribution in [-0.2, 0) is 6.18 Å². The third-order valence-corrected chi connectivity index (χ3v) is 7.42. The molecule has 216 valence electrons. The Labute approximate surface area is 236 Å². The topological polar surface area (TPSA) is 79.4 Å². The van der Waals surface area contributed by atoms with Crippen molar-refractivity contribution in [3.05, 3.63) is 83.9 Å². The van der Waals surface area contributed by atoms with Gasteiger partial charge in [0.1, 0.15) is 0 Å². The Hall–Kier alpha value is -4.09. The standard InChI is InChI=1S/C30H32F3N5O3/c1-2-36-25-15-12-22(30(31,32)33)20-26(25)37(23-8-4-3-5-9-23)29(41)38(28(36)40)24-13-10-21(11-14-24)27(39)34-16-19-35-17-6-7-18-35/h3-5,8-15,20,29,41H,2,6-7,16-19H2,1H3,(H,34,39). The number of rotatable bonds is 7. The second kappa shape index (κ2) is 11.8. The number of likely N-dealkylation sites (tertiary alicyclic amines) is 1. The summed E-state index contributed by atoms with van der Waals surface area (Å²) in [6.07, 6.45) is -3.98. The van der Waals surface area contributed by atoms with Crippen LogP contribution in [0, 0.1) is 0 Å². The number of hydrogen-bond donors (Lipinski definition) is 2. The molecule has 41 heavy (non-hydrogen) atoms. The van der Waals surface area contributed by atoms with Gasteiger partial charge < -0.3 is 15.3 Å². The van der Waals surface area contributed by atoms with E-state index >= 15 is 0 Å². The van der Waals surface area contributed by atoms with Crippen LogP contribution >= 0.6 is 0 Å². The van der Waals surface area contributed by atoms with Crippen molar-refractivity contribution in [2.75, 3.05) is 47.4 Å². The molecular formula is C30H32F3N5O3. The van der Waals surface area contributed by atoms with Crippen LogP contribution in [0.25, 0.3) is 0 Å². The van der Waals surface area contributed by atoms with E-state index in [1.807, 2.05) is 0 Å². The van der Waals surface area contributed by atoms with Crippen LogP contribution in [0.3, 0.4) is 0 Å². The number of para-hydroxylation sites is 1. The number of alkyl halides is 3. The Morgan fingerprint density at radius 3 is 2.22 bits per heavy atom. The van der Waals surface area contributed by atoms with E-state index in [1.54, 1.807) is 61.5 Å². The number of benzene rings is 3. The lowest BCUT2D eigenvalue weighted by molar-refractivity contribution is -0.137. The Balaban J connectivity index is 1.48. The van der Waals surface area contributed by atoms with Gasteiger partial charge in [0.15, 0.2) is 0 Å². The molecule has 2 aliphatic heterocycles. The zero-order valence-electron chi connectivity index (χ0n) is 22.6. The fraction of sp³-hybridized carbons (Fsp3) is 0.333. The summed E-state index contributed by atoms with van der Waals surface area (Å²) in [5.74, 6) is -0.258. The van der Waals surface area contributed by atoms with Crippen molar-refractivity contribution in [2.45, 2.75) is 32.3 Å². The van der Waals surface area contributed by atoms with Gasteiger partial charge in [-0.25, -0.2) is 9.69 Å². The van der Waals surface area contributed by atoms with E-state index in [2.05, 4.69) is 10.2 Å². The molecule has 0 saturated carbocycles. The molecule has 3 amide bonds. The number of halogens is 3. The molecular weight excluding hydrogens is 535 g/mol. The van der Waals surface area contributed by atoms with Crippen LogP contribution in [0.4, 0.5) is 40.7 Å². The molecule has 0 spiro atoms. The van der Waals surface area contributed by atoms with E-state index in [0.29, 0.717) is 17.8 Å². The number of carbonyl (C=O) groups is 2. The Kier molecular flexibility index (Phi) is 8.18. The lowest BCUT2D eigenvalue weighted by Gasteiger charge is -2.35. The summed E-state index contributed by atoms with van der Waals surface area (Å²) in [6.45, 7) is 5.20. The SMILES string of the molecule is CCN1C(=O)N(c2ccc(C(=O)NCCN3CCCC3)cc2)C(O)N(c2ccccc2)c2cc(C(F)(F)F)ccc21. The van der Waals surface area contributed by atoms with E-state index in [-0.39, 0.29) is 29.5 Å². The summed E-state index contributed by atoms with van der Waals surface area (Å²) in [5, 5.41) is 14.6. The quantitative estimate of drug-likeness (QED) is 0.399. The van der Waals surface area contributed by atoms with Crippen molar-refractivity contribution in [1.82, 2.24) is 10.2 Å². The van der Waals surface area contributed by atoms with Crippen molar-refractivity contribution >= 4 is 34.7 Å². The molecule has 3 aromatic rings. The minimum Gasteiger partial charge on any atom is -0.356 e. The monoisotopic (exact) mass is 567 g/mol. The number of amides is 3. The van der Waals surface area contributed by atoms with Crippen molar-refractivity contribution in [3.63, 3.8) is 0 Å². The number of nitrogens with one attached hydrogen (secondary N) is 1. The maximum Gasteiger partial charge on any atom is 0.416 e. The first-order chi connectivity index (χ1) is 19.7. The summed E-state index contributed by atoms with van der Waals surface area (Å²) in [7, 11) is 0. The molecule has 5 rings (SSSR count). The van der Waals surface area contributed by atoms with Crippen molar-refractivity contribution in [1.29, 1.82) is 0 Å². The summed E-state index contributed by atoms with van der Waals surface area (Å²) < 4.78 is 41.2. The van der Waals surface area contributed by atoms with Crippen LogP contribution in [-0.4, -0.2) is 61.0 Å².